The molecule has 2 aromatic rings. The standard InChI is InChI=1S/C13H15F5N6/c1-6-7(2)11(23-4-3-19-8(5-23)9(14)15)22-24-10(6)20-21-12(24)13(16,17)18/h8-9,19H,3-5H2,1-2H3. The van der Waals surface area contributed by atoms with Gasteiger partial charge in [-0.15, -0.1) is 15.3 Å². The van der Waals surface area contributed by atoms with Crippen LogP contribution < -0.4 is 10.2 Å². The lowest BCUT2D eigenvalue weighted by Gasteiger charge is -2.35. The molecule has 0 saturated carbocycles. The van der Waals surface area contributed by atoms with E-state index in [-0.39, 0.29) is 18.0 Å². The maximum Gasteiger partial charge on any atom is 0.453 e. The Morgan fingerprint density at radius 3 is 2.50 bits per heavy atom. The van der Waals surface area contributed by atoms with E-state index in [1.165, 1.54) is 0 Å². The zero-order valence-electron chi connectivity index (χ0n) is 12.9. The van der Waals surface area contributed by atoms with Crippen LogP contribution in [0.15, 0.2) is 0 Å². The maximum atomic E-state index is 13.0. The fraction of sp³-hybridized carbons (Fsp3) is 0.615. The summed E-state index contributed by atoms with van der Waals surface area (Å²) >= 11 is 0. The summed E-state index contributed by atoms with van der Waals surface area (Å²) in [6.45, 7) is 3.91. The second-order valence-electron chi connectivity index (χ2n) is 5.67. The highest BCUT2D eigenvalue weighted by Crippen LogP contribution is 2.30. The van der Waals surface area contributed by atoms with Gasteiger partial charge in [0, 0.05) is 30.8 Å². The SMILES string of the molecule is Cc1c(N2CCNC(C(F)F)C2)nn2c(C(F)(F)F)nnc2c1C. The predicted octanol–water partition coefficient (Wildman–Crippen LogP) is 1.80. The maximum absolute atomic E-state index is 13.0. The fourth-order valence-electron chi connectivity index (χ4n) is 2.73. The number of rotatable bonds is 2. The molecule has 1 N–H and O–H groups in total. The monoisotopic (exact) mass is 350 g/mol. The third-order valence-electron chi connectivity index (χ3n) is 4.13. The molecule has 1 aliphatic rings. The van der Waals surface area contributed by atoms with Gasteiger partial charge in [0.2, 0.25) is 0 Å². The minimum absolute atomic E-state index is 0.00381. The normalized spacial score (nSPS) is 19.5. The van der Waals surface area contributed by atoms with Crippen LogP contribution in [0.4, 0.5) is 27.8 Å². The van der Waals surface area contributed by atoms with Gasteiger partial charge in [0.15, 0.2) is 11.5 Å². The molecule has 0 aliphatic carbocycles. The molecule has 132 valence electrons. The van der Waals surface area contributed by atoms with Crippen LogP contribution >= 0.6 is 0 Å². The van der Waals surface area contributed by atoms with Crippen molar-refractivity contribution in [3.8, 4) is 0 Å². The first-order valence-corrected chi connectivity index (χ1v) is 7.26. The first-order chi connectivity index (χ1) is 11.2. The number of aromatic nitrogens is 4. The van der Waals surface area contributed by atoms with E-state index in [2.05, 4.69) is 20.6 Å². The van der Waals surface area contributed by atoms with Crippen LogP contribution in [-0.2, 0) is 6.18 Å². The largest absolute Gasteiger partial charge is 0.453 e. The first kappa shape index (κ1) is 16.8. The molecule has 24 heavy (non-hydrogen) atoms. The zero-order chi connectivity index (χ0) is 17.6. The van der Waals surface area contributed by atoms with Crippen molar-refractivity contribution in [1.29, 1.82) is 0 Å². The lowest BCUT2D eigenvalue weighted by molar-refractivity contribution is -0.146. The highest BCUT2D eigenvalue weighted by atomic mass is 19.4. The summed E-state index contributed by atoms with van der Waals surface area (Å²) in [5, 5.41) is 13.4. The van der Waals surface area contributed by atoms with Crippen molar-refractivity contribution >= 4 is 11.5 Å². The molecule has 1 unspecified atom stereocenters. The van der Waals surface area contributed by atoms with E-state index in [0.717, 1.165) is 0 Å². The van der Waals surface area contributed by atoms with E-state index >= 15 is 0 Å². The number of hydrogen-bond donors (Lipinski definition) is 1. The summed E-state index contributed by atoms with van der Waals surface area (Å²) in [7, 11) is 0. The van der Waals surface area contributed by atoms with Gasteiger partial charge >= 0.3 is 6.18 Å². The Hall–Kier alpha value is -2.04. The van der Waals surface area contributed by atoms with Gasteiger partial charge in [0.25, 0.3) is 12.2 Å². The quantitative estimate of drug-likeness (QED) is 0.837. The molecule has 6 nitrogen and oxygen atoms in total. The topological polar surface area (TPSA) is 58.4 Å². The molecule has 2 aromatic heterocycles. The van der Waals surface area contributed by atoms with Gasteiger partial charge in [-0.05, 0) is 13.8 Å². The molecule has 3 rings (SSSR count). The molecule has 0 aromatic carbocycles. The summed E-state index contributed by atoms with van der Waals surface area (Å²) in [4.78, 5) is 1.56. The number of aryl methyl sites for hydroxylation is 1. The van der Waals surface area contributed by atoms with Crippen LogP contribution in [0.5, 0.6) is 0 Å². The number of fused-ring (bicyclic) bond motifs is 1. The number of halogens is 5. The molecule has 1 atom stereocenters. The Morgan fingerprint density at radius 1 is 1.17 bits per heavy atom. The third-order valence-corrected chi connectivity index (χ3v) is 4.13. The fourth-order valence-corrected chi connectivity index (χ4v) is 2.73. The molecule has 0 radical (unpaired) electrons. The molecule has 11 heteroatoms. The van der Waals surface area contributed by atoms with Crippen molar-refractivity contribution in [2.45, 2.75) is 32.5 Å². The lowest BCUT2D eigenvalue weighted by Crippen LogP contribution is -2.54. The Balaban J connectivity index is 2.09. The van der Waals surface area contributed by atoms with Gasteiger partial charge in [-0.25, -0.2) is 8.78 Å². The molecule has 3 heterocycles. The van der Waals surface area contributed by atoms with E-state index in [4.69, 9.17) is 0 Å². The Morgan fingerprint density at radius 2 is 1.88 bits per heavy atom. The number of nitrogens with one attached hydrogen (secondary N) is 1. The van der Waals surface area contributed by atoms with Crippen molar-refractivity contribution in [1.82, 2.24) is 25.1 Å². The second-order valence-corrected chi connectivity index (χ2v) is 5.67. The predicted molar refractivity (Wildman–Crippen MR) is 75.3 cm³/mol. The summed E-state index contributed by atoms with van der Waals surface area (Å²) in [6, 6.07) is -1.06. The molecular weight excluding hydrogens is 335 g/mol. The Labute approximate surface area is 133 Å². The van der Waals surface area contributed by atoms with Crippen molar-refractivity contribution in [3.63, 3.8) is 0 Å². The van der Waals surface area contributed by atoms with Gasteiger partial charge in [0.1, 0.15) is 0 Å². The first-order valence-electron chi connectivity index (χ1n) is 7.26. The number of anilines is 1. The zero-order valence-corrected chi connectivity index (χ0v) is 12.9. The van der Waals surface area contributed by atoms with Gasteiger partial charge in [-0.2, -0.15) is 17.7 Å². The summed E-state index contributed by atoms with van der Waals surface area (Å²) in [6.07, 6.45) is -7.28. The van der Waals surface area contributed by atoms with E-state index in [1.807, 2.05) is 0 Å². The molecule has 1 saturated heterocycles. The summed E-state index contributed by atoms with van der Waals surface area (Å²) in [5.74, 6) is -1.00. The van der Waals surface area contributed by atoms with Gasteiger partial charge in [-0.1, -0.05) is 0 Å². The minimum Gasteiger partial charge on any atom is -0.352 e. The molecule has 0 bridgehead atoms. The molecule has 0 amide bonds. The van der Waals surface area contributed by atoms with Gasteiger partial charge in [0.05, 0.1) is 6.04 Å². The van der Waals surface area contributed by atoms with Crippen molar-refractivity contribution < 1.29 is 22.0 Å². The Bertz CT molecular complexity index is 755. The highest BCUT2D eigenvalue weighted by Gasteiger charge is 2.38. The van der Waals surface area contributed by atoms with E-state index in [9.17, 15) is 22.0 Å². The van der Waals surface area contributed by atoms with Gasteiger partial charge < -0.3 is 10.2 Å². The lowest BCUT2D eigenvalue weighted by atomic mass is 10.1. The van der Waals surface area contributed by atoms with Crippen LogP contribution in [0.3, 0.4) is 0 Å². The average molecular weight is 350 g/mol. The molecule has 1 fully saturated rings. The number of hydrogen-bond acceptors (Lipinski definition) is 5. The minimum atomic E-state index is -4.71. The van der Waals surface area contributed by atoms with Crippen molar-refractivity contribution in [2.75, 3.05) is 24.5 Å². The summed E-state index contributed by atoms with van der Waals surface area (Å²) in [5.41, 5.74) is 1.08. The van der Waals surface area contributed by atoms with E-state index < -0.39 is 24.5 Å². The second kappa shape index (κ2) is 5.80. The average Bonchev–Trinajstić information content (AvgIpc) is 2.95. The van der Waals surface area contributed by atoms with Crippen LogP contribution in [-0.4, -0.2) is 51.9 Å². The smallest absolute Gasteiger partial charge is 0.352 e. The van der Waals surface area contributed by atoms with Crippen molar-refractivity contribution in [2.24, 2.45) is 0 Å². The van der Waals surface area contributed by atoms with Crippen molar-refractivity contribution in [3.05, 3.63) is 17.0 Å². The highest BCUT2D eigenvalue weighted by molar-refractivity contribution is 5.59. The van der Waals surface area contributed by atoms with Crippen LogP contribution in [0.2, 0.25) is 0 Å². The summed E-state index contributed by atoms with van der Waals surface area (Å²) < 4.78 is 65.6. The molecule has 1 aliphatic heterocycles. The number of alkyl halides is 5. The molecular formula is C13H15F5N6. The van der Waals surface area contributed by atoms with E-state index in [0.29, 0.717) is 28.7 Å². The molecule has 0 spiro atoms. The van der Waals surface area contributed by atoms with Crippen LogP contribution in [0.1, 0.15) is 17.0 Å². The van der Waals surface area contributed by atoms with Gasteiger partial charge in [-0.3, -0.25) is 0 Å². The number of piperazine rings is 1. The Kier molecular flexibility index (Phi) is 4.06. The van der Waals surface area contributed by atoms with Crippen LogP contribution in [0, 0.1) is 13.8 Å². The third kappa shape index (κ3) is 2.76. The van der Waals surface area contributed by atoms with Crippen LogP contribution in [0.25, 0.3) is 5.65 Å². The van der Waals surface area contributed by atoms with E-state index in [1.54, 1.807) is 18.7 Å². The number of nitrogens with zero attached hydrogens (tertiary/aromatic N) is 5.